The van der Waals surface area contributed by atoms with Gasteiger partial charge in [0.1, 0.15) is 0 Å². The van der Waals surface area contributed by atoms with Crippen molar-refractivity contribution in [3.63, 3.8) is 0 Å². The number of likely N-dealkylation sites (tertiary alicyclic amines) is 3. The maximum Gasteiger partial charge on any atom is 0.251 e. The van der Waals surface area contributed by atoms with E-state index >= 15 is 0 Å². The summed E-state index contributed by atoms with van der Waals surface area (Å²) in [6.07, 6.45) is 18.6. The lowest BCUT2D eigenvalue weighted by atomic mass is 9.90. The van der Waals surface area contributed by atoms with Crippen LogP contribution in [0.25, 0.3) is 10.8 Å². The van der Waals surface area contributed by atoms with Gasteiger partial charge in [-0.2, -0.15) is 0 Å². The highest BCUT2D eigenvalue weighted by atomic mass is 35.5. The third kappa shape index (κ3) is 28.6. The third-order valence-electron chi connectivity index (χ3n) is 26.9. The SMILES string of the molecule is O=C(NCC[C@@H]1CCN(CC(c2ccccc2)c2ccccc2)C(=O)[C@H](CCN2CCCCC2)N1)c1ccc(Cl)c(Cl)c1.O=C(NCC[C@@H]1CCN(CC(c2ccccc2)c2ccccc2)C(=O)[C@H](CCN2CCCCC2)N1)c1ccc2ccccc2c1.O=C(NCC[C@@H]1CCN(CC(c2ccccc2)c2ccccc2)C(=O)[C@H](CCN2CCCCC2)N1)c1ccccc1. The van der Waals surface area contributed by atoms with E-state index in [-0.39, 0.29) is 89.4 Å². The Morgan fingerprint density at radius 3 is 0.891 bits per heavy atom. The molecule has 10 aromatic rings. The van der Waals surface area contributed by atoms with Crippen LogP contribution in [0.2, 0.25) is 10.0 Å². The molecule has 0 aromatic heterocycles. The predicted molar refractivity (Wildman–Crippen MR) is 522 cm³/mol. The van der Waals surface area contributed by atoms with E-state index in [9.17, 15) is 28.8 Å². The van der Waals surface area contributed by atoms with E-state index in [1.807, 2.05) is 103 Å². The molecule has 6 amide bonds. The molecule has 0 saturated carbocycles. The van der Waals surface area contributed by atoms with Crippen LogP contribution in [0, 0.1) is 0 Å². The molecule has 6 atom stereocenters. The Hall–Kier alpha value is -10.4. The number of halogens is 2. The maximum atomic E-state index is 14.2. The number of nitrogens with zero attached hydrogens (tertiary/aromatic N) is 6. The van der Waals surface area contributed by atoms with Crippen LogP contribution in [-0.2, 0) is 14.4 Å². The second-order valence-corrected chi connectivity index (χ2v) is 36.7. The fourth-order valence-electron chi connectivity index (χ4n) is 19.5. The summed E-state index contributed by atoms with van der Waals surface area (Å²) in [7, 11) is 0. The van der Waals surface area contributed by atoms with Crippen molar-refractivity contribution in [3.8, 4) is 0 Å². The number of nitrogens with one attached hydrogen (secondary N) is 6. The second kappa shape index (κ2) is 50.1. The van der Waals surface area contributed by atoms with Crippen LogP contribution in [0.5, 0.6) is 0 Å². The van der Waals surface area contributed by atoms with Crippen molar-refractivity contribution >= 4 is 69.4 Å². The Morgan fingerprint density at radius 1 is 0.295 bits per heavy atom. The topological polar surface area (TPSA) is 194 Å². The van der Waals surface area contributed by atoms with Gasteiger partial charge in [0, 0.05) is 131 Å². The zero-order valence-corrected chi connectivity index (χ0v) is 76.5. The zero-order chi connectivity index (χ0) is 89.1. The molecule has 18 nitrogen and oxygen atoms in total. The van der Waals surface area contributed by atoms with Crippen LogP contribution in [0.15, 0.2) is 273 Å². The Labute approximate surface area is 775 Å². The van der Waals surface area contributed by atoms with Gasteiger partial charge in [-0.05, 0) is 222 Å². The largest absolute Gasteiger partial charge is 0.352 e. The summed E-state index contributed by atoms with van der Waals surface area (Å²) in [4.78, 5) is 94.6. The third-order valence-corrected chi connectivity index (χ3v) is 27.7. The predicted octanol–water partition coefficient (Wildman–Crippen LogP) is 17.7. The van der Waals surface area contributed by atoms with E-state index < -0.39 is 0 Å². The number of piperidine rings is 3. The molecule has 678 valence electrons. The first-order valence-electron chi connectivity index (χ1n) is 47.7. The molecular formula is C109H132Cl2N12O6. The Morgan fingerprint density at radius 2 is 0.574 bits per heavy atom. The maximum absolute atomic E-state index is 14.2. The normalized spacial score (nSPS) is 19.8. The lowest BCUT2D eigenvalue weighted by Crippen LogP contribution is -2.48. The van der Waals surface area contributed by atoms with E-state index in [1.165, 1.54) is 91.2 Å². The molecule has 0 spiro atoms. The van der Waals surface area contributed by atoms with Crippen molar-refractivity contribution in [2.75, 3.05) is 118 Å². The zero-order valence-electron chi connectivity index (χ0n) is 75.0. The van der Waals surface area contributed by atoms with E-state index in [0.29, 0.717) is 85.6 Å². The summed E-state index contributed by atoms with van der Waals surface area (Å²) >= 11 is 12.1. The number of amides is 6. The van der Waals surface area contributed by atoms with Gasteiger partial charge < -0.3 is 61.3 Å². The number of carbonyl (C=O) groups is 6. The molecule has 6 aliphatic rings. The van der Waals surface area contributed by atoms with Gasteiger partial charge in [-0.25, -0.2) is 0 Å². The highest BCUT2D eigenvalue weighted by Crippen LogP contribution is 2.33. The van der Waals surface area contributed by atoms with Gasteiger partial charge in [0.2, 0.25) is 17.7 Å². The van der Waals surface area contributed by atoms with Gasteiger partial charge in [-0.1, -0.05) is 273 Å². The summed E-state index contributed by atoms with van der Waals surface area (Å²) in [5, 5.41) is 23.4. The molecule has 6 aliphatic heterocycles. The molecule has 6 saturated heterocycles. The van der Waals surface area contributed by atoms with E-state index in [4.69, 9.17) is 23.2 Å². The molecule has 6 N–H and O–H groups in total. The number of hydrogen-bond donors (Lipinski definition) is 6. The lowest BCUT2D eigenvalue weighted by Gasteiger charge is -2.31. The van der Waals surface area contributed by atoms with Gasteiger partial charge in [0.25, 0.3) is 17.7 Å². The Kier molecular flexibility index (Phi) is 36.8. The summed E-state index contributed by atoms with van der Waals surface area (Å²) in [5.41, 5.74) is 9.18. The van der Waals surface area contributed by atoms with Crippen molar-refractivity contribution in [3.05, 3.63) is 333 Å². The molecule has 0 radical (unpaired) electrons. The molecule has 6 fully saturated rings. The van der Waals surface area contributed by atoms with Crippen molar-refractivity contribution in [1.82, 2.24) is 61.3 Å². The molecule has 129 heavy (non-hydrogen) atoms. The number of carbonyl (C=O) groups excluding carboxylic acids is 6. The average molecular weight is 1780 g/mol. The highest BCUT2D eigenvalue weighted by molar-refractivity contribution is 6.42. The van der Waals surface area contributed by atoms with Gasteiger partial charge in [0.05, 0.1) is 28.2 Å². The summed E-state index contributed by atoms with van der Waals surface area (Å²) in [6, 6.07) is 91.1. The fourth-order valence-corrected chi connectivity index (χ4v) is 19.8. The van der Waals surface area contributed by atoms with Crippen LogP contribution in [0.1, 0.15) is 198 Å². The minimum atomic E-state index is -0.257. The van der Waals surface area contributed by atoms with Crippen molar-refractivity contribution in [1.29, 1.82) is 0 Å². The van der Waals surface area contributed by atoms with Crippen molar-refractivity contribution in [2.45, 2.75) is 170 Å². The van der Waals surface area contributed by atoms with Crippen LogP contribution in [0.4, 0.5) is 0 Å². The summed E-state index contributed by atoms with van der Waals surface area (Å²) < 4.78 is 0. The molecule has 0 bridgehead atoms. The average Bonchev–Trinajstić information content (AvgIpc) is 1.78. The van der Waals surface area contributed by atoms with E-state index in [1.54, 1.807) is 18.2 Å². The number of rotatable bonds is 33. The smallest absolute Gasteiger partial charge is 0.251 e. The summed E-state index contributed by atoms with van der Waals surface area (Å²) in [5.74, 6) is 0.617. The highest BCUT2D eigenvalue weighted by Gasteiger charge is 2.38. The van der Waals surface area contributed by atoms with Crippen LogP contribution in [-0.4, -0.2) is 219 Å². The molecule has 0 unspecified atom stereocenters. The number of hydrogen-bond acceptors (Lipinski definition) is 12. The number of fused-ring (bicyclic) bond motifs is 1. The molecular weight excluding hydrogens is 1640 g/mol. The molecule has 0 aliphatic carbocycles. The van der Waals surface area contributed by atoms with Crippen molar-refractivity contribution in [2.24, 2.45) is 0 Å². The molecule has 16 rings (SSSR count). The van der Waals surface area contributed by atoms with Crippen LogP contribution in [0.3, 0.4) is 0 Å². The first-order chi connectivity index (χ1) is 63.3. The van der Waals surface area contributed by atoms with Gasteiger partial charge in [-0.3, -0.25) is 28.8 Å². The van der Waals surface area contributed by atoms with Gasteiger partial charge >= 0.3 is 0 Å². The number of benzene rings is 10. The minimum absolute atomic E-state index is 0.0489. The monoisotopic (exact) mass is 1770 g/mol. The Bertz CT molecular complexity index is 4970. The first kappa shape index (κ1) is 94.7. The summed E-state index contributed by atoms with van der Waals surface area (Å²) in [6.45, 7) is 15.2. The van der Waals surface area contributed by atoms with E-state index in [2.05, 4.69) is 213 Å². The second-order valence-electron chi connectivity index (χ2n) is 35.9. The van der Waals surface area contributed by atoms with Crippen LogP contribution < -0.4 is 31.9 Å². The van der Waals surface area contributed by atoms with Crippen molar-refractivity contribution < 1.29 is 28.8 Å². The molecule has 6 heterocycles. The first-order valence-corrected chi connectivity index (χ1v) is 48.5. The Balaban J connectivity index is 0.000000156. The van der Waals surface area contributed by atoms with E-state index in [0.717, 1.165) is 127 Å². The van der Waals surface area contributed by atoms with Gasteiger partial charge in [-0.15, -0.1) is 0 Å². The standard InChI is InChI=1S/C39H46N4O2.C35H42Cl2N4O2.C35H44N4O2/c44-38(34-19-18-30-12-8-9-17-33(30)28-34)40-23-20-35-21-27-43(39(45)37(41-35)22-26-42-24-10-3-11-25-42)29-36(31-13-4-1-5-14-31)32-15-6-2-7-16-32;36-31-15-14-28(24-32(31)37)34(42)38-19-16-29-17-23-41(35(43)33(39-29)18-22-40-20-8-3-9-21-40)25-30(26-10-4-1-5-11-26)27-12-6-2-7-13-27;40-34(30-17-9-3-10-18-30)36-22-19-31-20-26-39(35(41)33(37-31)21-25-38-23-11-4-12-24-38)27-32(28-13-5-1-6-14-28)29-15-7-2-8-16-29/h1-2,4-9,12-19,28,35-37,41H,3,10-11,20-27,29H2,(H,40,44);1-2,4-7,10-15,24,29-30,33,39H,3,8-9,16-23,25H2,(H,38,42);1-3,5-10,13-18,31-33,37H,4,11-12,19-27H2,(H,36,40)/t35-,37+;29-,33+;31-,33+/m111/s1. The lowest BCUT2D eigenvalue weighted by molar-refractivity contribution is -0.133. The minimum Gasteiger partial charge on any atom is -0.352 e. The van der Waals surface area contributed by atoms with Gasteiger partial charge in [0.15, 0.2) is 0 Å². The van der Waals surface area contributed by atoms with Crippen LogP contribution >= 0.6 is 23.2 Å². The molecule has 10 aromatic carbocycles. The molecule has 20 heteroatoms. The quantitative estimate of drug-likeness (QED) is 0.0228. The fraction of sp³-hybridized carbons (Fsp3) is 0.413.